The second kappa shape index (κ2) is 4.56. The van der Waals surface area contributed by atoms with Crippen molar-refractivity contribution >= 4 is 11.6 Å². The van der Waals surface area contributed by atoms with Gasteiger partial charge >= 0.3 is 6.18 Å². The highest BCUT2D eigenvalue weighted by molar-refractivity contribution is 5.94. The molecule has 0 spiro atoms. The Kier molecular flexibility index (Phi) is 3.21. The number of hydrogen-bond acceptors (Lipinski definition) is 2. The van der Waals surface area contributed by atoms with Gasteiger partial charge in [0.2, 0.25) is 0 Å². The van der Waals surface area contributed by atoms with Gasteiger partial charge in [0, 0.05) is 13.2 Å². The summed E-state index contributed by atoms with van der Waals surface area (Å²) in [6, 6.07) is 2.21. The fraction of sp³-hybridized carbons (Fsp3) is 0.333. The van der Waals surface area contributed by atoms with Gasteiger partial charge < -0.3 is 5.32 Å². The predicted octanol–water partition coefficient (Wildman–Crippen LogP) is 2.28. The second-order valence-corrected chi connectivity index (χ2v) is 3.98. The fourth-order valence-electron chi connectivity index (χ4n) is 1.87. The summed E-state index contributed by atoms with van der Waals surface area (Å²) in [4.78, 5) is 15.9. The number of fused-ring (bicyclic) bond motifs is 1. The number of nitrogens with zero attached hydrogens (tertiary/aromatic N) is 2. The molecule has 0 fully saturated rings. The number of alkyl halides is 3. The van der Waals surface area contributed by atoms with E-state index in [1.807, 2.05) is 0 Å². The van der Waals surface area contributed by atoms with Crippen LogP contribution in [0.4, 0.5) is 13.2 Å². The van der Waals surface area contributed by atoms with Crippen LogP contribution in [0, 0.1) is 0 Å². The summed E-state index contributed by atoms with van der Waals surface area (Å²) in [5.74, 6) is -0.455. The van der Waals surface area contributed by atoms with Crippen molar-refractivity contribution in [3.8, 4) is 0 Å². The average molecular weight is 271 g/mol. The molecule has 0 atom stereocenters. The number of imidazole rings is 1. The molecule has 0 aliphatic rings. The van der Waals surface area contributed by atoms with Crippen molar-refractivity contribution < 1.29 is 18.0 Å². The van der Waals surface area contributed by atoms with Crippen molar-refractivity contribution in [2.24, 2.45) is 0 Å². The minimum Gasteiger partial charge on any atom is -0.354 e. The third kappa shape index (κ3) is 2.27. The monoisotopic (exact) mass is 271 g/mol. The first-order valence-electron chi connectivity index (χ1n) is 5.68. The summed E-state index contributed by atoms with van der Waals surface area (Å²) in [7, 11) is 1.43. The van der Waals surface area contributed by atoms with E-state index >= 15 is 0 Å². The van der Waals surface area contributed by atoms with E-state index in [-0.39, 0.29) is 5.69 Å². The number of halogens is 3. The SMILES string of the molecule is CCc1nc2ccc(C(F)(F)F)cn2c1C(=O)NC. The molecule has 0 aromatic carbocycles. The number of aromatic nitrogens is 2. The van der Waals surface area contributed by atoms with Crippen LogP contribution < -0.4 is 5.32 Å². The van der Waals surface area contributed by atoms with Gasteiger partial charge in [-0.2, -0.15) is 13.2 Å². The standard InChI is InChI=1S/C12H12F3N3O/c1-3-8-10(11(19)16-2)18-6-7(12(13,14)15)4-5-9(18)17-8/h4-6H,3H2,1-2H3,(H,16,19). The molecule has 2 aromatic heterocycles. The zero-order chi connectivity index (χ0) is 14.2. The van der Waals surface area contributed by atoms with Crippen LogP contribution in [0.15, 0.2) is 18.3 Å². The summed E-state index contributed by atoms with van der Waals surface area (Å²) in [6.45, 7) is 1.79. The van der Waals surface area contributed by atoms with Crippen LogP contribution in [0.2, 0.25) is 0 Å². The third-order valence-electron chi connectivity index (χ3n) is 2.80. The molecule has 4 nitrogen and oxygen atoms in total. The van der Waals surface area contributed by atoms with E-state index in [0.29, 0.717) is 17.8 Å². The summed E-state index contributed by atoms with van der Waals surface area (Å²) in [5.41, 5.74) is 0.124. The van der Waals surface area contributed by atoms with Crippen LogP contribution in [0.3, 0.4) is 0 Å². The molecule has 0 radical (unpaired) electrons. The Morgan fingerprint density at radius 1 is 1.42 bits per heavy atom. The first-order valence-corrected chi connectivity index (χ1v) is 5.68. The van der Waals surface area contributed by atoms with Crippen molar-refractivity contribution in [1.82, 2.24) is 14.7 Å². The lowest BCUT2D eigenvalue weighted by atomic mass is 10.2. The Morgan fingerprint density at radius 3 is 2.63 bits per heavy atom. The molecular formula is C12H12F3N3O. The van der Waals surface area contributed by atoms with E-state index in [2.05, 4.69) is 10.3 Å². The first-order chi connectivity index (χ1) is 8.88. The first kappa shape index (κ1) is 13.4. The number of nitrogens with one attached hydrogen (secondary N) is 1. The minimum atomic E-state index is -4.45. The zero-order valence-corrected chi connectivity index (χ0v) is 10.4. The largest absolute Gasteiger partial charge is 0.417 e. The van der Waals surface area contributed by atoms with Gasteiger partial charge in [-0.05, 0) is 18.6 Å². The summed E-state index contributed by atoms with van der Waals surface area (Å²) in [5, 5.41) is 2.41. The predicted molar refractivity (Wildman–Crippen MR) is 63.0 cm³/mol. The zero-order valence-electron chi connectivity index (χ0n) is 10.4. The number of aryl methyl sites for hydroxylation is 1. The van der Waals surface area contributed by atoms with Crippen LogP contribution in [0.5, 0.6) is 0 Å². The van der Waals surface area contributed by atoms with Crippen molar-refractivity contribution in [2.75, 3.05) is 7.05 Å². The Morgan fingerprint density at radius 2 is 2.11 bits per heavy atom. The van der Waals surface area contributed by atoms with Crippen molar-refractivity contribution in [2.45, 2.75) is 19.5 Å². The molecule has 2 aromatic rings. The van der Waals surface area contributed by atoms with E-state index in [1.54, 1.807) is 6.92 Å². The number of carbonyl (C=O) groups excluding carboxylic acids is 1. The second-order valence-electron chi connectivity index (χ2n) is 3.98. The molecule has 2 heterocycles. The quantitative estimate of drug-likeness (QED) is 0.910. The Labute approximate surface area is 107 Å². The molecule has 0 aliphatic carbocycles. The van der Waals surface area contributed by atoms with E-state index in [9.17, 15) is 18.0 Å². The Balaban J connectivity index is 2.72. The van der Waals surface area contributed by atoms with Gasteiger partial charge in [0.1, 0.15) is 11.3 Å². The van der Waals surface area contributed by atoms with Crippen molar-refractivity contribution in [3.05, 3.63) is 35.3 Å². The fourth-order valence-corrected chi connectivity index (χ4v) is 1.87. The summed E-state index contributed by atoms with van der Waals surface area (Å²) >= 11 is 0. The lowest BCUT2D eigenvalue weighted by molar-refractivity contribution is -0.137. The number of carbonyl (C=O) groups is 1. The highest BCUT2D eigenvalue weighted by atomic mass is 19.4. The Hall–Kier alpha value is -2.05. The summed E-state index contributed by atoms with van der Waals surface area (Å²) in [6.07, 6.45) is -3.09. The molecule has 19 heavy (non-hydrogen) atoms. The topological polar surface area (TPSA) is 46.4 Å². The van der Waals surface area contributed by atoms with Gasteiger partial charge in [0.15, 0.2) is 0 Å². The smallest absolute Gasteiger partial charge is 0.354 e. The lowest BCUT2D eigenvalue weighted by Crippen LogP contribution is -2.21. The highest BCUT2D eigenvalue weighted by Crippen LogP contribution is 2.29. The molecular weight excluding hydrogens is 259 g/mol. The van der Waals surface area contributed by atoms with Crippen LogP contribution >= 0.6 is 0 Å². The molecule has 0 aliphatic heterocycles. The van der Waals surface area contributed by atoms with E-state index in [4.69, 9.17) is 0 Å². The molecule has 2 rings (SSSR count). The van der Waals surface area contributed by atoms with Gasteiger partial charge in [-0.1, -0.05) is 6.92 Å². The molecule has 0 bridgehead atoms. The maximum absolute atomic E-state index is 12.7. The molecule has 102 valence electrons. The molecule has 0 saturated heterocycles. The van der Waals surface area contributed by atoms with Gasteiger partial charge in [-0.3, -0.25) is 9.20 Å². The van der Waals surface area contributed by atoms with E-state index in [1.165, 1.54) is 17.5 Å². The number of pyridine rings is 1. The van der Waals surface area contributed by atoms with E-state index < -0.39 is 17.6 Å². The van der Waals surface area contributed by atoms with Gasteiger partial charge in [-0.25, -0.2) is 4.98 Å². The van der Waals surface area contributed by atoms with Crippen LogP contribution in [-0.4, -0.2) is 22.3 Å². The number of rotatable bonds is 2. The van der Waals surface area contributed by atoms with Gasteiger partial charge in [0.25, 0.3) is 5.91 Å². The van der Waals surface area contributed by atoms with Crippen molar-refractivity contribution in [1.29, 1.82) is 0 Å². The third-order valence-corrected chi connectivity index (χ3v) is 2.80. The maximum atomic E-state index is 12.7. The van der Waals surface area contributed by atoms with Gasteiger partial charge in [-0.15, -0.1) is 0 Å². The van der Waals surface area contributed by atoms with Crippen LogP contribution in [0.25, 0.3) is 5.65 Å². The average Bonchev–Trinajstić information content (AvgIpc) is 2.74. The van der Waals surface area contributed by atoms with Crippen LogP contribution in [0.1, 0.15) is 28.7 Å². The molecule has 1 N–H and O–H groups in total. The molecule has 0 saturated carbocycles. The van der Waals surface area contributed by atoms with Gasteiger partial charge in [0.05, 0.1) is 11.3 Å². The van der Waals surface area contributed by atoms with Crippen molar-refractivity contribution in [3.63, 3.8) is 0 Å². The lowest BCUT2D eigenvalue weighted by Gasteiger charge is -2.08. The normalized spacial score (nSPS) is 11.8. The highest BCUT2D eigenvalue weighted by Gasteiger charge is 2.31. The minimum absolute atomic E-state index is 0.145. The van der Waals surface area contributed by atoms with E-state index in [0.717, 1.165) is 12.3 Å². The Bertz CT molecular complexity index is 631. The maximum Gasteiger partial charge on any atom is 0.417 e. The number of amides is 1. The number of hydrogen-bond donors (Lipinski definition) is 1. The molecule has 0 unspecified atom stereocenters. The summed E-state index contributed by atoms with van der Waals surface area (Å²) < 4.78 is 39.2. The van der Waals surface area contributed by atoms with Crippen LogP contribution in [-0.2, 0) is 12.6 Å². The molecule has 7 heteroatoms. The molecule has 1 amide bonds.